The number of benzene rings is 2. The van der Waals surface area contributed by atoms with E-state index in [1.54, 1.807) is 0 Å². The fourth-order valence-corrected chi connectivity index (χ4v) is 3.22. The van der Waals surface area contributed by atoms with Crippen LogP contribution in [0.2, 0.25) is 0 Å². The normalized spacial score (nSPS) is 11.7. The third kappa shape index (κ3) is 5.00. The van der Waals surface area contributed by atoms with Gasteiger partial charge in [0.25, 0.3) is 0 Å². The van der Waals surface area contributed by atoms with Gasteiger partial charge in [-0.15, -0.1) is 0 Å². The number of nitrogens with one attached hydrogen (secondary N) is 2. The smallest absolute Gasteiger partial charge is 0.229 e. The van der Waals surface area contributed by atoms with Crippen molar-refractivity contribution in [3.63, 3.8) is 0 Å². The van der Waals surface area contributed by atoms with Crippen LogP contribution in [0.25, 0.3) is 0 Å². The van der Waals surface area contributed by atoms with E-state index in [9.17, 15) is 0 Å². The maximum Gasteiger partial charge on any atom is 0.229 e. The molecule has 0 aliphatic rings. The fourth-order valence-electron chi connectivity index (χ4n) is 3.22. The summed E-state index contributed by atoms with van der Waals surface area (Å²) in [5.41, 5.74) is 4.34. The predicted molar refractivity (Wildman–Crippen MR) is 119 cm³/mol. The van der Waals surface area contributed by atoms with Crippen LogP contribution in [0.3, 0.4) is 0 Å². The van der Waals surface area contributed by atoms with E-state index in [4.69, 9.17) is 0 Å². The first-order chi connectivity index (χ1) is 13.6. The first-order valence-electron chi connectivity index (χ1n) is 9.88. The zero-order valence-electron chi connectivity index (χ0n) is 17.1. The third-order valence-corrected chi connectivity index (χ3v) is 4.77. The van der Waals surface area contributed by atoms with E-state index in [0.29, 0.717) is 5.95 Å². The van der Waals surface area contributed by atoms with Gasteiger partial charge in [0.1, 0.15) is 5.82 Å². The van der Waals surface area contributed by atoms with Crippen molar-refractivity contribution in [2.24, 2.45) is 0 Å². The lowest BCUT2D eigenvalue weighted by atomic mass is 10.1. The molecule has 0 amide bonds. The molecule has 0 bridgehead atoms. The van der Waals surface area contributed by atoms with Crippen molar-refractivity contribution >= 4 is 23.1 Å². The highest BCUT2D eigenvalue weighted by Gasteiger charge is 2.09. The van der Waals surface area contributed by atoms with Gasteiger partial charge in [0.2, 0.25) is 5.95 Å². The highest BCUT2D eigenvalue weighted by Crippen LogP contribution is 2.22. The van der Waals surface area contributed by atoms with E-state index < -0.39 is 0 Å². The molecule has 1 unspecified atom stereocenters. The molecule has 0 saturated carbocycles. The van der Waals surface area contributed by atoms with Gasteiger partial charge in [0.05, 0.1) is 0 Å². The summed E-state index contributed by atoms with van der Waals surface area (Å²) in [6, 6.07) is 20.9. The second kappa shape index (κ2) is 9.22. The Kier molecular flexibility index (Phi) is 6.48. The van der Waals surface area contributed by atoms with E-state index in [1.165, 1.54) is 11.3 Å². The molecule has 2 aromatic carbocycles. The zero-order chi connectivity index (χ0) is 19.9. The van der Waals surface area contributed by atoms with Gasteiger partial charge in [0.15, 0.2) is 0 Å². The Morgan fingerprint density at radius 2 is 1.61 bits per heavy atom. The molecular weight excluding hydrogens is 346 g/mol. The molecule has 0 fully saturated rings. The highest BCUT2D eigenvalue weighted by molar-refractivity contribution is 5.60. The summed E-state index contributed by atoms with van der Waals surface area (Å²) in [5.74, 6) is 1.41. The van der Waals surface area contributed by atoms with Gasteiger partial charge in [-0.1, -0.05) is 30.3 Å². The summed E-state index contributed by atoms with van der Waals surface area (Å²) in [5, 5.41) is 6.79. The molecule has 0 spiro atoms. The number of hydrogen-bond donors (Lipinski definition) is 2. The molecule has 1 atom stereocenters. The number of nitrogens with zero attached hydrogens (tertiary/aromatic N) is 3. The molecule has 0 aliphatic carbocycles. The van der Waals surface area contributed by atoms with Gasteiger partial charge in [-0.05, 0) is 57.5 Å². The van der Waals surface area contributed by atoms with Crippen LogP contribution < -0.4 is 15.5 Å². The van der Waals surface area contributed by atoms with E-state index in [-0.39, 0.29) is 6.04 Å². The summed E-state index contributed by atoms with van der Waals surface area (Å²) in [4.78, 5) is 11.5. The predicted octanol–water partition coefficient (Wildman–Crippen LogP) is 5.55. The Bertz CT molecular complexity index is 873. The summed E-state index contributed by atoms with van der Waals surface area (Å²) < 4.78 is 0. The number of anilines is 4. The summed E-state index contributed by atoms with van der Waals surface area (Å²) in [6.07, 6.45) is 0. The van der Waals surface area contributed by atoms with Crippen molar-refractivity contribution in [3.05, 3.63) is 71.9 Å². The number of hydrogen-bond acceptors (Lipinski definition) is 5. The van der Waals surface area contributed by atoms with Crippen LogP contribution in [-0.2, 0) is 0 Å². The fraction of sp³-hybridized carbons (Fsp3) is 0.304. The van der Waals surface area contributed by atoms with Crippen molar-refractivity contribution in [1.29, 1.82) is 0 Å². The average Bonchev–Trinajstić information content (AvgIpc) is 2.70. The lowest BCUT2D eigenvalue weighted by Gasteiger charge is -2.21. The molecule has 3 aromatic rings. The molecule has 0 saturated heterocycles. The van der Waals surface area contributed by atoms with Crippen LogP contribution in [-0.4, -0.2) is 23.1 Å². The Morgan fingerprint density at radius 3 is 2.25 bits per heavy atom. The minimum atomic E-state index is 0.164. The minimum Gasteiger partial charge on any atom is -0.372 e. The molecule has 0 radical (unpaired) electrons. The van der Waals surface area contributed by atoms with Crippen LogP contribution in [0, 0.1) is 6.92 Å². The van der Waals surface area contributed by atoms with Crippen molar-refractivity contribution in [1.82, 2.24) is 9.97 Å². The molecule has 3 rings (SSSR count). The largest absolute Gasteiger partial charge is 0.372 e. The van der Waals surface area contributed by atoms with Gasteiger partial charge in [0, 0.05) is 42.3 Å². The molecule has 2 N–H and O–H groups in total. The first-order valence-corrected chi connectivity index (χ1v) is 9.88. The maximum absolute atomic E-state index is 4.64. The lowest BCUT2D eigenvalue weighted by Crippen LogP contribution is -2.21. The average molecular weight is 376 g/mol. The van der Waals surface area contributed by atoms with Crippen molar-refractivity contribution < 1.29 is 0 Å². The molecule has 5 nitrogen and oxygen atoms in total. The van der Waals surface area contributed by atoms with E-state index in [2.05, 4.69) is 82.7 Å². The molecular formula is C23H29N5. The SMILES string of the molecule is CCN(CC)c1ccc(Nc2nc(C)cc(NC(C)c3ccccc3)n2)cc1. The molecule has 1 heterocycles. The van der Waals surface area contributed by atoms with Gasteiger partial charge in [-0.3, -0.25) is 0 Å². The molecule has 0 aliphatic heterocycles. The monoisotopic (exact) mass is 375 g/mol. The number of aromatic nitrogens is 2. The third-order valence-electron chi connectivity index (χ3n) is 4.77. The lowest BCUT2D eigenvalue weighted by molar-refractivity contribution is 0.866. The van der Waals surface area contributed by atoms with E-state index >= 15 is 0 Å². The Hall–Kier alpha value is -3.08. The van der Waals surface area contributed by atoms with Gasteiger partial charge < -0.3 is 15.5 Å². The summed E-state index contributed by atoms with van der Waals surface area (Å²) in [7, 11) is 0. The van der Waals surface area contributed by atoms with Gasteiger partial charge >= 0.3 is 0 Å². The highest BCUT2D eigenvalue weighted by atomic mass is 15.2. The summed E-state index contributed by atoms with van der Waals surface area (Å²) in [6.45, 7) is 10.4. The molecule has 5 heteroatoms. The van der Waals surface area contributed by atoms with Crippen LogP contribution in [0.1, 0.15) is 38.1 Å². The minimum absolute atomic E-state index is 0.164. The topological polar surface area (TPSA) is 53.1 Å². The second-order valence-electron chi connectivity index (χ2n) is 6.84. The van der Waals surface area contributed by atoms with Crippen molar-refractivity contribution in [3.8, 4) is 0 Å². The quantitative estimate of drug-likeness (QED) is 0.541. The zero-order valence-corrected chi connectivity index (χ0v) is 17.1. The second-order valence-corrected chi connectivity index (χ2v) is 6.84. The van der Waals surface area contributed by atoms with Crippen molar-refractivity contribution in [2.75, 3.05) is 28.6 Å². The van der Waals surface area contributed by atoms with Gasteiger partial charge in [-0.25, -0.2) is 4.98 Å². The van der Waals surface area contributed by atoms with E-state index in [1.807, 2.05) is 31.2 Å². The molecule has 1 aromatic heterocycles. The van der Waals surface area contributed by atoms with Gasteiger partial charge in [-0.2, -0.15) is 4.98 Å². The van der Waals surface area contributed by atoms with Crippen LogP contribution in [0.4, 0.5) is 23.1 Å². The Labute approximate surface area is 167 Å². The number of aryl methyl sites for hydroxylation is 1. The first kappa shape index (κ1) is 19.7. The maximum atomic E-state index is 4.64. The van der Waals surface area contributed by atoms with Crippen LogP contribution in [0.5, 0.6) is 0 Å². The number of rotatable bonds is 8. The Balaban J connectivity index is 1.73. The van der Waals surface area contributed by atoms with Crippen LogP contribution in [0.15, 0.2) is 60.7 Å². The van der Waals surface area contributed by atoms with E-state index in [0.717, 1.165) is 30.3 Å². The Morgan fingerprint density at radius 1 is 0.929 bits per heavy atom. The molecule has 146 valence electrons. The molecule has 28 heavy (non-hydrogen) atoms. The van der Waals surface area contributed by atoms with Crippen molar-refractivity contribution in [2.45, 2.75) is 33.7 Å². The summed E-state index contributed by atoms with van der Waals surface area (Å²) >= 11 is 0. The standard InChI is InChI=1S/C23H29N5/c1-5-28(6-2)21-14-12-20(13-15-21)26-23-24-17(3)16-22(27-23)25-18(4)19-10-8-7-9-11-19/h7-16,18H,5-6H2,1-4H3,(H2,24,25,26,27). The van der Waals surface area contributed by atoms with Crippen LogP contribution >= 0.6 is 0 Å².